The molecule has 0 saturated carbocycles. The first-order valence-corrected chi connectivity index (χ1v) is 4.77. The molecule has 0 aliphatic heterocycles. The minimum atomic E-state index is -1.63. The second kappa shape index (κ2) is 5.16. The first kappa shape index (κ1) is 12.0. The molecule has 5 heteroatoms. The number of aryl methyl sites for hydroxylation is 1. The van der Waals surface area contributed by atoms with E-state index < -0.39 is 17.7 Å². The largest absolute Gasteiger partial charge is 0.480 e. The van der Waals surface area contributed by atoms with Gasteiger partial charge in [-0.2, -0.15) is 0 Å². The molecule has 0 aromatic carbocycles. The number of carbonyl (C=O) groups is 3. The molecule has 0 amide bonds. The van der Waals surface area contributed by atoms with Crippen molar-refractivity contribution >= 4 is 18.0 Å². The summed E-state index contributed by atoms with van der Waals surface area (Å²) in [6, 6.07) is 2.91. The van der Waals surface area contributed by atoms with Gasteiger partial charge in [0.1, 0.15) is 6.29 Å². The lowest BCUT2D eigenvalue weighted by Crippen LogP contribution is -2.25. The van der Waals surface area contributed by atoms with Crippen molar-refractivity contribution in [3.05, 3.63) is 29.6 Å². The molecule has 0 aliphatic carbocycles. The Morgan fingerprint density at radius 1 is 1.56 bits per heavy atom. The number of carboxylic acids is 1. The van der Waals surface area contributed by atoms with Crippen molar-refractivity contribution in [3.63, 3.8) is 0 Å². The van der Waals surface area contributed by atoms with Gasteiger partial charge >= 0.3 is 5.97 Å². The number of rotatable bonds is 5. The highest BCUT2D eigenvalue weighted by atomic mass is 16.4. The van der Waals surface area contributed by atoms with Gasteiger partial charge in [0.2, 0.25) is 0 Å². The zero-order valence-corrected chi connectivity index (χ0v) is 8.71. The van der Waals surface area contributed by atoms with E-state index in [0.29, 0.717) is 12.1 Å². The number of aromatic nitrogens is 1. The van der Waals surface area contributed by atoms with Crippen molar-refractivity contribution in [2.75, 3.05) is 0 Å². The third kappa shape index (κ3) is 2.50. The van der Waals surface area contributed by atoms with Gasteiger partial charge in [0.25, 0.3) is 0 Å². The van der Waals surface area contributed by atoms with Gasteiger partial charge in [-0.15, -0.1) is 0 Å². The second-order valence-corrected chi connectivity index (χ2v) is 3.21. The van der Waals surface area contributed by atoms with Crippen LogP contribution in [0.25, 0.3) is 0 Å². The Hall–Kier alpha value is -2.04. The summed E-state index contributed by atoms with van der Waals surface area (Å²) in [7, 11) is 0. The zero-order chi connectivity index (χ0) is 12.1. The smallest absolute Gasteiger partial charge is 0.321 e. The minimum Gasteiger partial charge on any atom is -0.480 e. The topological polar surface area (TPSA) is 84.3 Å². The summed E-state index contributed by atoms with van der Waals surface area (Å²) in [6.07, 6.45) is 2.20. The highest BCUT2D eigenvalue weighted by molar-refractivity contribution is 6.17. The van der Waals surface area contributed by atoms with Crippen LogP contribution in [0.3, 0.4) is 0 Å². The number of aliphatic carboxylic acids is 1. The number of nitrogens with zero attached hydrogens (tertiary/aromatic N) is 1. The van der Waals surface area contributed by atoms with Crippen LogP contribution in [0.15, 0.2) is 18.3 Å². The predicted molar refractivity (Wildman–Crippen MR) is 55.1 cm³/mol. The van der Waals surface area contributed by atoms with Crippen LogP contribution in [0.1, 0.15) is 23.0 Å². The maximum atomic E-state index is 11.6. The van der Waals surface area contributed by atoms with Crippen LogP contribution in [0, 0.1) is 5.92 Å². The highest BCUT2D eigenvalue weighted by Gasteiger charge is 2.26. The standard InChI is InChI=1S/C11H11NO4/c1-2-8-5-7(3-4-12-8)10(14)9(6-13)11(15)16/h3-6,9H,2H2,1H3,(H,15,16). The number of ketones is 1. The molecule has 0 radical (unpaired) electrons. The second-order valence-electron chi connectivity index (χ2n) is 3.21. The van der Waals surface area contributed by atoms with Crippen molar-refractivity contribution in [3.8, 4) is 0 Å². The van der Waals surface area contributed by atoms with Crippen LogP contribution in [-0.4, -0.2) is 28.1 Å². The molecule has 1 aromatic rings. The average Bonchev–Trinajstić information content (AvgIpc) is 2.29. The Bertz CT molecular complexity index is 428. The van der Waals surface area contributed by atoms with Gasteiger partial charge in [0.05, 0.1) is 0 Å². The number of hydrogen-bond acceptors (Lipinski definition) is 4. The number of carbonyl (C=O) groups excluding carboxylic acids is 2. The Labute approximate surface area is 92.1 Å². The van der Waals surface area contributed by atoms with Gasteiger partial charge in [-0.25, -0.2) is 0 Å². The number of carboxylic acid groups (broad SMARTS) is 1. The predicted octanol–water partition coefficient (Wildman–Crippen LogP) is 0.726. The van der Waals surface area contributed by atoms with E-state index in [9.17, 15) is 14.4 Å². The van der Waals surface area contributed by atoms with Crippen LogP contribution in [-0.2, 0) is 16.0 Å². The Kier molecular flexibility index (Phi) is 3.88. The van der Waals surface area contributed by atoms with Gasteiger partial charge < -0.3 is 9.90 Å². The van der Waals surface area contributed by atoms with Gasteiger partial charge in [-0.1, -0.05) is 6.92 Å². The van der Waals surface area contributed by atoms with Crippen molar-refractivity contribution in [1.29, 1.82) is 0 Å². The fourth-order valence-electron chi connectivity index (χ4n) is 1.24. The summed E-state index contributed by atoms with van der Waals surface area (Å²) >= 11 is 0. The Balaban J connectivity index is 3.03. The third-order valence-electron chi connectivity index (χ3n) is 2.15. The van der Waals surface area contributed by atoms with E-state index in [2.05, 4.69) is 4.98 Å². The molecule has 0 bridgehead atoms. The van der Waals surface area contributed by atoms with E-state index in [1.165, 1.54) is 18.3 Å². The number of hydrogen-bond donors (Lipinski definition) is 1. The molecule has 1 heterocycles. The van der Waals surface area contributed by atoms with E-state index in [1.54, 1.807) is 0 Å². The van der Waals surface area contributed by atoms with Crippen LogP contribution in [0.4, 0.5) is 0 Å². The number of Topliss-reactive ketones (excluding diaryl/α,β-unsaturated/α-hetero) is 1. The molecule has 5 nitrogen and oxygen atoms in total. The fourth-order valence-corrected chi connectivity index (χ4v) is 1.24. The third-order valence-corrected chi connectivity index (χ3v) is 2.15. The summed E-state index contributed by atoms with van der Waals surface area (Å²) in [5.41, 5.74) is 0.882. The van der Waals surface area contributed by atoms with Gasteiger partial charge in [0.15, 0.2) is 11.7 Å². The molecule has 0 aliphatic rings. The maximum Gasteiger partial charge on any atom is 0.321 e. The van der Waals surface area contributed by atoms with Crippen LogP contribution in [0.2, 0.25) is 0 Å². The van der Waals surface area contributed by atoms with Crippen LogP contribution < -0.4 is 0 Å². The molecular formula is C11H11NO4. The molecular weight excluding hydrogens is 210 g/mol. The van der Waals surface area contributed by atoms with Crippen molar-refractivity contribution in [1.82, 2.24) is 4.98 Å². The first-order valence-electron chi connectivity index (χ1n) is 4.77. The van der Waals surface area contributed by atoms with Crippen LogP contribution in [0.5, 0.6) is 0 Å². The van der Waals surface area contributed by atoms with E-state index >= 15 is 0 Å². The van der Waals surface area contributed by atoms with Gasteiger partial charge in [0, 0.05) is 17.5 Å². The Morgan fingerprint density at radius 3 is 2.75 bits per heavy atom. The summed E-state index contributed by atoms with van der Waals surface area (Å²) in [4.78, 5) is 36.8. The monoisotopic (exact) mass is 221 g/mol. The van der Waals surface area contributed by atoms with E-state index in [-0.39, 0.29) is 11.8 Å². The van der Waals surface area contributed by atoms with Gasteiger partial charge in [-0.3, -0.25) is 14.6 Å². The lowest BCUT2D eigenvalue weighted by Gasteiger charge is -2.05. The van der Waals surface area contributed by atoms with Gasteiger partial charge in [-0.05, 0) is 18.6 Å². The van der Waals surface area contributed by atoms with Crippen molar-refractivity contribution < 1.29 is 19.5 Å². The highest BCUT2D eigenvalue weighted by Crippen LogP contribution is 2.09. The molecule has 0 spiro atoms. The first-order chi connectivity index (χ1) is 7.60. The number of aldehydes is 1. The van der Waals surface area contributed by atoms with Crippen molar-refractivity contribution in [2.45, 2.75) is 13.3 Å². The molecule has 1 aromatic heterocycles. The summed E-state index contributed by atoms with van der Waals surface area (Å²) < 4.78 is 0. The quantitative estimate of drug-likeness (QED) is 0.450. The van der Waals surface area contributed by atoms with E-state index in [4.69, 9.17) is 5.11 Å². The summed E-state index contributed by atoms with van der Waals surface area (Å²) in [5.74, 6) is -3.78. The molecule has 0 saturated heterocycles. The van der Waals surface area contributed by atoms with E-state index in [0.717, 1.165) is 0 Å². The summed E-state index contributed by atoms with van der Waals surface area (Å²) in [6.45, 7) is 1.87. The molecule has 1 rings (SSSR count). The molecule has 1 atom stereocenters. The number of pyridine rings is 1. The minimum absolute atomic E-state index is 0.136. The normalized spacial score (nSPS) is 11.8. The molecule has 16 heavy (non-hydrogen) atoms. The Morgan fingerprint density at radius 2 is 2.25 bits per heavy atom. The maximum absolute atomic E-state index is 11.6. The fraction of sp³-hybridized carbons (Fsp3) is 0.273. The average molecular weight is 221 g/mol. The molecule has 1 N–H and O–H groups in total. The zero-order valence-electron chi connectivity index (χ0n) is 8.71. The summed E-state index contributed by atoms with van der Waals surface area (Å²) in [5, 5.41) is 8.66. The van der Waals surface area contributed by atoms with Crippen molar-refractivity contribution in [2.24, 2.45) is 5.92 Å². The molecule has 84 valence electrons. The van der Waals surface area contributed by atoms with E-state index in [1.807, 2.05) is 6.92 Å². The molecule has 0 fully saturated rings. The molecule has 1 unspecified atom stereocenters. The SMILES string of the molecule is CCc1cc(C(=O)C(C=O)C(=O)O)ccn1. The lowest BCUT2D eigenvalue weighted by atomic mass is 9.99. The lowest BCUT2D eigenvalue weighted by molar-refractivity contribution is -0.141. The van der Waals surface area contributed by atoms with Crippen LogP contribution >= 0.6 is 0 Å².